The van der Waals surface area contributed by atoms with Crippen molar-refractivity contribution >= 4 is 40.5 Å². The Morgan fingerprint density at radius 3 is 2.56 bits per heavy atom. The number of β-amino-alcohol motifs (C(OH)–C–C–N with tert-alkyl or cyclic N) is 1. The number of carbonyl (C=O) groups is 5. The summed E-state index contributed by atoms with van der Waals surface area (Å²) in [5.74, 6) is -3.24. The maximum Gasteiger partial charge on any atom is 0.324 e. The maximum absolute atomic E-state index is 14.8. The maximum atomic E-state index is 14.8. The molecule has 0 saturated carbocycles. The number of ether oxygens (including phenoxy) is 2. The van der Waals surface area contributed by atoms with E-state index in [0.717, 1.165) is 39.0 Å². The van der Waals surface area contributed by atoms with Gasteiger partial charge in [-0.2, -0.15) is 0 Å². The van der Waals surface area contributed by atoms with E-state index in [2.05, 4.69) is 54.3 Å². The zero-order chi connectivity index (χ0) is 50.7. The molecule has 0 aliphatic carbocycles. The van der Waals surface area contributed by atoms with Crippen molar-refractivity contribution in [3.8, 4) is 28.1 Å². The molecule has 70 heavy (non-hydrogen) atoms. The van der Waals surface area contributed by atoms with Crippen LogP contribution in [0.2, 0.25) is 0 Å². The molecule has 5 heterocycles. The highest BCUT2D eigenvalue weighted by atomic mass is 16.5. The van der Waals surface area contributed by atoms with Gasteiger partial charge >= 0.3 is 5.97 Å². The highest BCUT2D eigenvalue weighted by molar-refractivity contribution is 5.97. The number of aromatic nitrogens is 2. The number of cyclic esters (lactones) is 1. The zero-order valence-corrected chi connectivity index (χ0v) is 42.1. The number of hydrazine groups is 1. The molecule has 4 atom stereocenters. The predicted molar refractivity (Wildman–Crippen MR) is 266 cm³/mol. The highest BCUT2D eigenvalue weighted by Crippen LogP contribution is 2.41. The predicted octanol–water partition coefficient (Wildman–Crippen LogP) is 4.45. The lowest BCUT2D eigenvalue weighted by molar-refractivity contribution is -0.156. The number of aromatic hydroxyl groups is 1. The molecule has 2 saturated heterocycles. The van der Waals surface area contributed by atoms with Gasteiger partial charge < -0.3 is 44.3 Å². The Balaban J connectivity index is 1.26. The van der Waals surface area contributed by atoms with Gasteiger partial charge in [0.1, 0.15) is 23.9 Å². The smallest absolute Gasteiger partial charge is 0.324 e. The Kier molecular flexibility index (Phi) is 15.9. The number of carbonyl (C=O) groups excluding carboxylic acids is 5. The number of rotatable bonds is 12. The molecule has 3 aliphatic rings. The fraction of sp³-hybridized carbons (Fsp3) is 0.509. The van der Waals surface area contributed by atoms with Gasteiger partial charge in [-0.05, 0) is 105 Å². The third kappa shape index (κ3) is 11.2. The van der Waals surface area contributed by atoms with E-state index in [1.807, 2.05) is 37.2 Å². The number of amides is 4. The van der Waals surface area contributed by atoms with Gasteiger partial charge in [-0.3, -0.25) is 34.0 Å². The Morgan fingerprint density at radius 2 is 1.84 bits per heavy atom. The summed E-state index contributed by atoms with van der Waals surface area (Å²) in [6.45, 7) is 11.5. The third-order valence-corrected chi connectivity index (χ3v) is 13.6. The van der Waals surface area contributed by atoms with Gasteiger partial charge in [0.05, 0.1) is 31.1 Å². The molecular weight excluding hydrogens is 893 g/mol. The van der Waals surface area contributed by atoms with Crippen molar-refractivity contribution in [1.29, 1.82) is 0 Å². The first-order valence-corrected chi connectivity index (χ1v) is 24.3. The lowest BCUT2D eigenvalue weighted by atomic mass is 9.84. The summed E-state index contributed by atoms with van der Waals surface area (Å²) in [5, 5.41) is 28.3. The number of likely N-dealkylation sites (N-methyl/N-ethyl adjacent to an activating group) is 2. The minimum Gasteiger partial charge on any atom is -0.508 e. The molecule has 0 spiro atoms. The molecule has 1 unspecified atom stereocenters. The van der Waals surface area contributed by atoms with E-state index in [0.29, 0.717) is 50.1 Å². The normalized spacial score (nSPS) is 21.3. The molecule has 6 bridgehead atoms. The minimum atomic E-state index is -1.94. The molecule has 2 aromatic carbocycles. The first-order valence-electron chi connectivity index (χ1n) is 24.3. The van der Waals surface area contributed by atoms with Crippen LogP contribution < -0.4 is 10.7 Å². The van der Waals surface area contributed by atoms with E-state index < -0.39 is 58.8 Å². The number of phenolic OH excluding ortho intramolecular Hbond substituents is 1. The third-order valence-electron chi connectivity index (χ3n) is 13.6. The van der Waals surface area contributed by atoms with Crippen molar-refractivity contribution in [2.24, 2.45) is 11.3 Å². The number of nitrogens with one attached hydrogen (secondary N) is 2. The minimum absolute atomic E-state index is 0.0157. The molecule has 17 nitrogen and oxygen atoms in total. The van der Waals surface area contributed by atoms with E-state index in [4.69, 9.17) is 14.5 Å². The van der Waals surface area contributed by atoms with E-state index >= 15 is 0 Å². The average molecular weight is 963 g/mol. The molecule has 7 rings (SSSR count). The number of aliphatic hydroxyl groups is 1. The van der Waals surface area contributed by atoms with Crippen LogP contribution in [0.25, 0.3) is 33.3 Å². The molecule has 4 amide bonds. The van der Waals surface area contributed by atoms with Crippen LogP contribution in [-0.2, 0) is 59.4 Å². The number of hydrogen-bond donors (Lipinski definition) is 4. The SMILES string of the molecule is CCn1c(-c2cccnc2COC)c2c3cc(ccc31)-c1cc(O)cc(c1)C[C@H](NC(=O)[C@H](C(C)C)N(C)C(=O)C1(O)CCN(C(=O)/C=C/CN(C)C)C1)C(=O)N1CCC[C@H](N1)C(=O)OCC(C)(C)C2. The average Bonchev–Trinajstić information content (AvgIpc) is 3.87. The number of methoxy groups -OCH3 is 1. The van der Waals surface area contributed by atoms with Gasteiger partial charge in [-0.15, -0.1) is 0 Å². The Hall–Kier alpha value is -6.14. The van der Waals surface area contributed by atoms with Crippen molar-refractivity contribution in [2.75, 3.05) is 61.0 Å². The fourth-order valence-electron chi connectivity index (χ4n) is 10.2. The van der Waals surface area contributed by atoms with Gasteiger partial charge in [0.15, 0.2) is 5.60 Å². The van der Waals surface area contributed by atoms with Gasteiger partial charge in [-0.1, -0.05) is 45.9 Å². The second kappa shape index (κ2) is 21.5. The molecule has 17 heteroatoms. The quantitative estimate of drug-likeness (QED) is 0.115. The Morgan fingerprint density at radius 1 is 1.07 bits per heavy atom. The van der Waals surface area contributed by atoms with Crippen LogP contribution in [0.5, 0.6) is 5.75 Å². The molecule has 376 valence electrons. The largest absolute Gasteiger partial charge is 0.508 e. The summed E-state index contributed by atoms with van der Waals surface area (Å²) >= 11 is 0. The summed E-state index contributed by atoms with van der Waals surface area (Å²) in [5.41, 5.74) is 7.40. The number of nitrogens with zero attached hydrogens (tertiary/aromatic N) is 6. The van der Waals surface area contributed by atoms with Crippen LogP contribution >= 0.6 is 0 Å². The number of fused-ring (bicyclic) bond motifs is 6. The van der Waals surface area contributed by atoms with E-state index in [1.165, 1.54) is 27.9 Å². The zero-order valence-electron chi connectivity index (χ0n) is 42.1. The molecule has 3 aliphatic heterocycles. The second-order valence-corrected chi connectivity index (χ2v) is 20.5. The number of hydrogen-bond acceptors (Lipinski definition) is 12. The van der Waals surface area contributed by atoms with Crippen molar-refractivity contribution in [1.82, 2.24) is 40.0 Å². The van der Waals surface area contributed by atoms with Crippen molar-refractivity contribution < 1.29 is 43.7 Å². The lowest BCUT2D eigenvalue weighted by Crippen LogP contribution is -2.63. The molecule has 4 N–H and O–H groups in total. The number of phenols is 1. The topological polar surface area (TPSA) is 199 Å². The molecular formula is C53H70N8O9. The van der Waals surface area contributed by atoms with Crippen LogP contribution in [0.1, 0.15) is 70.7 Å². The number of benzene rings is 2. The first kappa shape index (κ1) is 51.7. The molecule has 2 aromatic heterocycles. The van der Waals surface area contributed by atoms with E-state index in [-0.39, 0.29) is 50.7 Å². The first-order chi connectivity index (χ1) is 33.2. The number of pyridine rings is 1. The Bertz CT molecular complexity index is 2640. The number of likely N-dealkylation sites (tertiary alicyclic amines) is 1. The lowest BCUT2D eigenvalue weighted by Gasteiger charge is -2.37. The molecule has 0 radical (unpaired) electrons. The summed E-state index contributed by atoms with van der Waals surface area (Å²) in [6, 6.07) is 12.1. The van der Waals surface area contributed by atoms with Crippen LogP contribution in [0, 0.1) is 11.3 Å². The van der Waals surface area contributed by atoms with Gasteiger partial charge in [0, 0.05) is 87.3 Å². The van der Waals surface area contributed by atoms with Crippen molar-refractivity contribution in [2.45, 2.75) is 104 Å². The standard InChI is InChI=1S/C53H70N8O9/c1-10-60-44-18-17-35-28-39(44)40(47(60)38-14-11-20-54-43(38)30-69-9)29-52(4,5)32-70-50(66)41-15-12-22-61(56-41)49(65)42(26-34-24-36(35)27-37(62)25-34)55-48(64)46(33(2)3)58(8)51(67)53(68)19-23-59(31-53)45(63)16-13-21-57(6)7/h11,13-14,16-18,20,24-25,27-28,33,41-42,46,56,62,68H,10,12,15,19,21-23,26,29-32H2,1-9H3,(H,55,64)/b16-13+/t41-,42-,46-,53?/m0/s1. The monoisotopic (exact) mass is 963 g/mol. The van der Waals surface area contributed by atoms with Gasteiger partial charge in [0.25, 0.3) is 11.8 Å². The van der Waals surface area contributed by atoms with Gasteiger partial charge in [0.2, 0.25) is 11.8 Å². The van der Waals surface area contributed by atoms with Crippen LogP contribution in [0.3, 0.4) is 0 Å². The number of aryl methyl sites for hydroxylation is 1. The molecule has 4 aromatic rings. The van der Waals surface area contributed by atoms with Crippen LogP contribution in [-0.4, -0.2) is 154 Å². The highest BCUT2D eigenvalue weighted by Gasteiger charge is 2.48. The van der Waals surface area contributed by atoms with Crippen molar-refractivity contribution in [3.63, 3.8) is 0 Å². The summed E-state index contributed by atoms with van der Waals surface area (Å²) in [6.07, 6.45) is 6.24. The summed E-state index contributed by atoms with van der Waals surface area (Å²) in [4.78, 5) is 79.7. The fourth-order valence-corrected chi connectivity index (χ4v) is 10.2. The van der Waals surface area contributed by atoms with Crippen LogP contribution in [0.4, 0.5) is 0 Å². The van der Waals surface area contributed by atoms with Crippen molar-refractivity contribution in [3.05, 3.63) is 83.7 Å². The second-order valence-electron chi connectivity index (χ2n) is 20.5. The summed E-state index contributed by atoms with van der Waals surface area (Å²) in [7, 11) is 6.84. The van der Waals surface area contributed by atoms with E-state index in [1.54, 1.807) is 45.4 Å². The molecule has 2 fully saturated rings. The summed E-state index contributed by atoms with van der Waals surface area (Å²) < 4.78 is 14.0. The number of esters is 1. The van der Waals surface area contributed by atoms with E-state index in [9.17, 15) is 34.2 Å². The van der Waals surface area contributed by atoms with Crippen LogP contribution in [0.15, 0.2) is 66.9 Å². The van der Waals surface area contributed by atoms with Gasteiger partial charge in [-0.25, -0.2) is 5.43 Å². The Labute approximate surface area is 410 Å².